The average molecular weight is 237 g/mol. The van der Waals surface area contributed by atoms with E-state index < -0.39 is 0 Å². The number of hydrogen-bond donors (Lipinski definition) is 0. The zero-order valence-electron chi connectivity index (χ0n) is 9.37. The van der Waals surface area contributed by atoms with E-state index in [-0.39, 0.29) is 0 Å². The van der Waals surface area contributed by atoms with Gasteiger partial charge in [-0.2, -0.15) is 0 Å². The number of nitrogens with zero attached hydrogens (tertiary/aromatic N) is 4. The molecular formula is C11H13ClN4. The van der Waals surface area contributed by atoms with Crippen LogP contribution in [0.4, 0.5) is 0 Å². The number of halogens is 1. The van der Waals surface area contributed by atoms with Gasteiger partial charge >= 0.3 is 0 Å². The minimum Gasteiger partial charge on any atom is -0.279 e. The van der Waals surface area contributed by atoms with Crippen molar-refractivity contribution >= 4 is 17.2 Å². The summed E-state index contributed by atoms with van der Waals surface area (Å²) >= 11 is 6.08. The van der Waals surface area contributed by atoms with Crippen LogP contribution in [0.2, 0.25) is 5.15 Å². The van der Waals surface area contributed by atoms with E-state index in [0.29, 0.717) is 16.7 Å². The zero-order chi connectivity index (χ0) is 11.3. The molecule has 0 N–H and O–H groups in total. The van der Waals surface area contributed by atoms with E-state index in [1.807, 2.05) is 13.8 Å². The smallest absolute Gasteiger partial charge is 0.198 e. The van der Waals surface area contributed by atoms with Gasteiger partial charge < -0.3 is 0 Å². The van der Waals surface area contributed by atoms with Gasteiger partial charge in [0.1, 0.15) is 5.82 Å². The SMILES string of the molecule is Cc1nc(Cl)c2nnc(C3CCC3)n2c1C. The first kappa shape index (κ1) is 10.0. The quantitative estimate of drug-likeness (QED) is 0.765. The van der Waals surface area contributed by atoms with Gasteiger partial charge in [0.05, 0.1) is 5.69 Å². The van der Waals surface area contributed by atoms with Crippen molar-refractivity contribution in [3.63, 3.8) is 0 Å². The summed E-state index contributed by atoms with van der Waals surface area (Å²) in [6.07, 6.45) is 3.70. The fourth-order valence-electron chi connectivity index (χ4n) is 2.13. The lowest BCUT2D eigenvalue weighted by Crippen LogP contribution is -2.14. The van der Waals surface area contributed by atoms with Crippen molar-refractivity contribution in [3.05, 3.63) is 22.4 Å². The van der Waals surface area contributed by atoms with E-state index in [9.17, 15) is 0 Å². The maximum absolute atomic E-state index is 6.08. The second-order valence-electron chi connectivity index (χ2n) is 4.42. The Labute approximate surface area is 98.7 Å². The third kappa shape index (κ3) is 1.26. The number of aromatic nitrogens is 4. The van der Waals surface area contributed by atoms with Crippen LogP contribution in [-0.4, -0.2) is 19.6 Å². The summed E-state index contributed by atoms with van der Waals surface area (Å²) in [6, 6.07) is 0. The first-order valence-electron chi connectivity index (χ1n) is 5.56. The van der Waals surface area contributed by atoms with Gasteiger partial charge in [0.2, 0.25) is 0 Å². The highest BCUT2D eigenvalue weighted by Crippen LogP contribution is 2.36. The Morgan fingerprint density at radius 1 is 1.25 bits per heavy atom. The van der Waals surface area contributed by atoms with Crippen molar-refractivity contribution in [2.24, 2.45) is 0 Å². The largest absolute Gasteiger partial charge is 0.279 e. The summed E-state index contributed by atoms with van der Waals surface area (Å²) in [5.74, 6) is 1.60. The van der Waals surface area contributed by atoms with Gasteiger partial charge in [0.25, 0.3) is 0 Å². The summed E-state index contributed by atoms with van der Waals surface area (Å²) in [4.78, 5) is 4.26. The molecule has 1 fully saturated rings. The van der Waals surface area contributed by atoms with Crippen LogP contribution in [0.25, 0.3) is 5.65 Å². The predicted molar refractivity (Wildman–Crippen MR) is 61.9 cm³/mol. The standard InChI is InChI=1S/C11H13ClN4/c1-6-7(2)16-10(8-4-3-5-8)14-15-11(16)9(12)13-6/h8H,3-5H2,1-2H3. The molecule has 0 saturated heterocycles. The molecule has 3 rings (SSSR count). The molecule has 0 spiro atoms. The summed E-state index contributed by atoms with van der Waals surface area (Å²) < 4.78 is 2.06. The monoisotopic (exact) mass is 236 g/mol. The molecule has 1 aliphatic carbocycles. The Kier molecular flexibility index (Phi) is 2.14. The van der Waals surface area contributed by atoms with E-state index in [0.717, 1.165) is 17.2 Å². The summed E-state index contributed by atoms with van der Waals surface area (Å²) in [7, 11) is 0. The van der Waals surface area contributed by atoms with E-state index in [4.69, 9.17) is 11.6 Å². The molecule has 2 aromatic rings. The number of aryl methyl sites for hydroxylation is 2. The third-order valence-corrected chi connectivity index (χ3v) is 3.72. The summed E-state index contributed by atoms with van der Waals surface area (Å²) in [5.41, 5.74) is 2.72. The van der Waals surface area contributed by atoms with E-state index in [1.54, 1.807) is 0 Å². The first-order valence-corrected chi connectivity index (χ1v) is 5.94. The fourth-order valence-corrected chi connectivity index (χ4v) is 2.38. The van der Waals surface area contributed by atoms with Crippen molar-refractivity contribution in [1.29, 1.82) is 0 Å². The molecule has 0 unspecified atom stereocenters. The molecule has 0 aliphatic heterocycles. The second kappa shape index (κ2) is 3.42. The second-order valence-corrected chi connectivity index (χ2v) is 4.78. The number of hydrogen-bond acceptors (Lipinski definition) is 3. The van der Waals surface area contributed by atoms with Gasteiger partial charge in [-0.3, -0.25) is 4.40 Å². The van der Waals surface area contributed by atoms with Crippen LogP contribution in [0.5, 0.6) is 0 Å². The molecule has 84 valence electrons. The minimum atomic E-state index is 0.446. The fraction of sp³-hybridized carbons (Fsp3) is 0.545. The first-order chi connectivity index (χ1) is 7.68. The third-order valence-electron chi connectivity index (χ3n) is 3.47. The molecule has 0 bridgehead atoms. The molecule has 0 amide bonds. The molecular weight excluding hydrogens is 224 g/mol. The van der Waals surface area contributed by atoms with Gasteiger partial charge in [-0.25, -0.2) is 4.98 Å². The highest BCUT2D eigenvalue weighted by Gasteiger charge is 2.26. The van der Waals surface area contributed by atoms with Gasteiger partial charge in [-0.1, -0.05) is 18.0 Å². The van der Waals surface area contributed by atoms with Gasteiger partial charge in [-0.05, 0) is 26.7 Å². The number of fused-ring (bicyclic) bond motifs is 1. The highest BCUT2D eigenvalue weighted by atomic mass is 35.5. The van der Waals surface area contributed by atoms with Crippen LogP contribution in [-0.2, 0) is 0 Å². The van der Waals surface area contributed by atoms with Crippen molar-refractivity contribution in [3.8, 4) is 0 Å². The predicted octanol–water partition coefficient (Wildman–Crippen LogP) is 2.66. The Bertz CT molecular complexity index is 557. The molecule has 5 heteroatoms. The Hall–Kier alpha value is -1.16. The van der Waals surface area contributed by atoms with E-state index in [1.165, 1.54) is 19.3 Å². The van der Waals surface area contributed by atoms with Crippen molar-refractivity contribution in [2.45, 2.75) is 39.0 Å². The van der Waals surface area contributed by atoms with Crippen molar-refractivity contribution in [2.75, 3.05) is 0 Å². The molecule has 1 aliphatic rings. The van der Waals surface area contributed by atoms with Gasteiger partial charge in [0, 0.05) is 11.6 Å². The van der Waals surface area contributed by atoms with Crippen LogP contribution in [0.15, 0.2) is 0 Å². The molecule has 4 nitrogen and oxygen atoms in total. The van der Waals surface area contributed by atoms with Crippen LogP contribution < -0.4 is 0 Å². The van der Waals surface area contributed by atoms with Crippen LogP contribution in [0, 0.1) is 13.8 Å². The highest BCUT2D eigenvalue weighted by molar-refractivity contribution is 6.32. The van der Waals surface area contributed by atoms with Crippen LogP contribution >= 0.6 is 11.6 Å². The lowest BCUT2D eigenvalue weighted by molar-refractivity contribution is 0.398. The Morgan fingerprint density at radius 2 is 2.00 bits per heavy atom. The Balaban J connectivity index is 2.30. The summed E-state index contributed by atoms with van der Waals surface area (Å²) in [5, 5.41) is 8.86. The van der Waals surface area contributed by atoms with Crippen LogP contribution in [0.1, 0.15) is 42.4 Å². The molecule has 2 aromatic heterocycles. The van der Waals surface area contributed by atoms with Crippen molar-refractivity contribution in [1.82, 2.24) is 19.6 Å². The van der Waals surface area contributed by atoms with Gasteiger partial charge in [-0.15, -0.1) is 10.2 Å². The lowest BCUT2D eigenvalue weighted by atomic mass is 9.85. The normalized spacial score (nSPS) is 16.7. The van der Waals surface area contributed by atoms with Crippen molar-refractivity contribution < 1.29 is 0 Å². The lowest BCUT2D eigenvalue weighted by Gasteiger charge is -2.24. The maximum atomic E-state index is 6.08. The van der Waals surface area contributed by atoms with Crippen LogP contribution in [0.3, 0.4) is 0 Å². The average Bonchev–Trinajstić information content (AvgIpc) is 2.57. The Morgan fingerprint density at radius 3 is 2.62 bits per heavy atom. The molecule has 2 heterocycles. The minimum absolute atomic E-state index is 0.446. The van der Waals surface area contributed by atoms with Gasteiger partial charge in [0.15, 0.2) is 10.8 Å². The maximum Gasteiger partial charge on any atom is 0.198 e. The zero-order valence-corrected chi connectivity index (χ0v) is 10.1. The summed E-state index contributed by atoms with van der Waals surface area (Å²) in [6.45, 7) is 4.00. The van der Waals surface area contributed by atoms with E-state index >= 15 is 0 Å². The molecule has 0 atom stereocenters. The molecule has 0 aromatic carbocycles. The molecule has 16 heavy (non-hydrogen) atoms. The van der Waals surface area contributed by atoms with E-state index in [2.05, 4.69) is 19.6 Å². The molecule has 0 radical (unpaired) electrons. The number of rotatable bonds is 1. The molecule has 1 saturated carbocycles. The topological polar surface area (TPSA) is 43.1 Å².